The summed E-state index contributed by atoms with van der Waals surface area (Å²) in [6.07, 6.45) is 84.6. The molecule has 1 unspecified atom stereocenters. The van der Waals surface area contributed by atoms with Crippen molar-refractivity contribution in [1.29, 1.82) is 0 Å². The molecule has 0 aliphatic heterocycles. The third-order valence-electron chi connectivity index (χ3n) is 14.1. The molecule has 0 saturated heterocycles. The largest absolute Gasteiger partial charge is 0.462 e. The van der Waals surface area contributed by atoms with Crippen molar-refractivity contribution in [2.75, 3.05) is 13.2 Å². The Morgan fingerprint density at radius 2 is 0.513 bits per heavy atom. The van der Waals surface area contributed by atoms with E-state index in [1.807, 2.05) is 0 Å². The molecule has 0 heterocycles. The highest BCUT2D eigenvalue weighted by Gasteiger charge is 2.19. The van der Waals surface area contributed by atoms with Crippen molar-refractivity contribution in [1.82, 2.24) is 0 Å². The number of unbranched alkanes of at least 4 members (excludes halogenated alkanes) is 34. The van der Waals surface area contributed by atoms with E-state index < -0.39 is 6.10 Å². The van der Waals surface area contributed by atoms with Crippen LogP contribution in [0.25, 0.3) is 0 Å². The fraction of sp³-hybridized carbons (Fsp3) is 0.757. The maximum atomic E-state index is 12.9. The van der Waals surface area contributed by atoms with Crippen LogP contribution < -0.4 is 0 Å². The number of ether oxygens (including phenoxy) is 3. The smallest absolute Gasteiger partial charge is 0.306 e. The van der Waals surface area contributed by atoms with Gasteiger partial charge in [-0.15, -0.1) is 0 Å². The van der Waals surface area contributed by atoms with Gasteiger partial charge < -0.3 is 14.2 Å². The Balaban J connectivity index is 4.30. The van der Waals surface area contributed by atoms with Crippen molar-refractivity contribution >= 4 is 17.9 Å². The molecule has 0 N–H and O–H groups in total. The van der Waals surface area contributed by atoms with Gasteiger partial charge in [-0.3, -0.25) is 14.4 Å². The fourth-order valence-electron chi connectivity index (χ4n) is 9.33. The highest BCUT2D eigenvalue weighted by Crippen LogP contribution is 2.17. The third-order valence-corrected chi connectivity index (χ3v) is 14.1. The minimum atomic E-state index is -0.788. The maximum absolute atomic E-state index is 12.9. The minimum absolute atomic E-state index is 0.0840. The van der Waals surface area contributed by atoms with Crippen molar-refractivity contribution in [3.8, 4) is 0 Å². The van der Waals surface area contributed by atoms with Crippen LogP contribution in [0.5, 0.6) is 0 Å². The van der Waals surface area contributed by atoms with Gasteiger partial charge in [-0.25, -0.2) is 0 Å². The molecule has 0 bridgehead atoms. The van der Waals surface area contributed by atoms with Crippen molar-refractivity contribution < 1.29 is 28.6 Å². The van der Waals surface area contributed by atoms with Gasteiger partial charge in [0.25, 0.3) is 0 Å². The lowest BCUT2D eigenvalue weighted by molar-refractivity contribution is -0.167. The number of rotatable bonds is 59. The van der Waals surface area contributed by atoms with Crippen LogP contribution in [-0.2, 0) is 28.6 Å². The van der Waals surface area contributed by atoms with E-state index >= 15 is 0 Å². The van der Waals surface area contributed by atoms with E-state index in [0.29, 0.717) is 19.3 Å². The van der Waals surface area contributed by atoms with E-state index in [4.69, 9.17) is 14.2 Å². The van der Waals surface area contributed by atoms with Crippen LogP contribution in [0.15, 0.2) is 85.1 Å². The first kappa shape index (κ1) is 72.6. The van der Waals surface area contributed by atoms with Crippen LogP contribution in [0.1, 0.15) is 323 Å². The molecule has 0 rings (SSSR count). The van der Waals surface area contributed by atoms with Crippen molar-refractivity contribution in [3.05, 3.63) is 85.1 Å². The van der Waals surface area contributed by atoms with Gasteiger partial charge in [0, 0.05) is 19.3 Å². The Morgan fingerprint density at radius 3 is 0.816 bits per heavy atom. The van der Waals surface area contributed by atoms with Gasteiger partial charge in [-0.05, 0) is 89.9 Å². The lowest BCUT2D eigenvalue weighted by Gasteiger charge is -2.18. The van der Waals surface area contributed by atoms with E-state index in [0.717, 1.165) is 109 Å². The lowest BCUT2D eigenvalue weighted by Crippen LogP contribution is -2.30. The number of allylic oxidation sites excluding steroid dienone is 14. The van der Waals surface area contributed by atoms with E-state index in [-0.39, 0.29) is 31.1 Å². The minimum Gasteiger partial charge on any atom is -0.462 e. The quantitative estimate of drug-likeness (QED) is 0.0261. The fourth-order valence-corrected chi connectivity index (χ4v) is 9.33. The molecule has 76 heavy (non-hydrogen) atoms. The molecule has 0 saturated carbocycles. The second-order valence-corrected chi connectivity index (χ2v) is 21.6. The molecule has 438 valence electrons. The van der Waals surface area contributed by atoms with Gasteiger partial charge in [-0.2, -0.15) is 0 Å². The van der Waals surface area contributed by atoms with E-state index in [1.54, 1.807) is 0 Å². The summed E-state index contributed by atoms with van der Waals surface area (Å²) in [4.78, 5) is 38.3. The summed E-state index contributed by atoms with van der Waals surface area (Å²) >= 11 is 0. The number of carbonyl (C=O) groups excluding carboxylic acids is 3. The number of carbonyl (C=O) groups is 3. The first-order chi connectivity index (χ1) is 37.5. The van der Waals surface area contributed by atoms with Crippen LogP contribution in [0.3, 0.4) is 0 Å². The SMILES string of the molecule is CC/C=C\C/C=C\C/C=C\C/C=C\CCCCCCCCCCCCCCC(=O)OCC(COC(=O)CCCCC/C=C\C/C=C\C/C=C\CC)OC(=O)CCCCCCCCCCCCCCCCCCCCCC. The van der Waals surface area contributed by atoms with Crippen molar-refractivity contribution in [2.45, 2.75) is 329 Å². The molecular weight excluding hydrogens is 937 g/mol. The van der Waals surface area contributed by atoms with Gasteiger partial charge in [0.2, 0.25) is 0 Å². The molecular formula is C70H122O6. The molecule has 0 spiro atoms. The van der Waals surface area contributed by atoms with Crippen LogP contribution >= 0.6 is 0 Å². The summed E-state index contributed by atoms with van der Waals surface area (Å²) < 4.78 is 16.9. The second kappa shape index (κ2) is 64.1. The Morgan fingerprint density at radius 1 is 0.276 bits per heavy atom. The lowest BCUT2D eigenvalue weighted by atomic mass is 10.0. The average molecular weight is 1060 g/mol. The molecule has 0 aromatic heterocycles. The van der Waals surface area contributed by atoms with Gasteiger partial charge in [0.15, 0.2) is 6.10 Å². The Hall–Kier alpha value is -3.41. The molecule has 0 aliphatic rings. The monoisotopic (exact) mass is 1060 g/mol. The van der Waals surface area contributed by atoms with Gasteiger partial charge in [0.05, 0.1) is 0 Å². The highest BCUT2D eigenvalue weighted by molar-refractivity contribution is 5.71. The predicted octanol–water partition coefficient (Wildman–Crippen LogP) is 22.3. The molecule has 0 fully saturated rings. The summed E-state index contributed by atoms with van der Waals surface area (Å²) in [5.41, 5.74) is 0. The number of esters is 3. The molecule has 0 aliphatic carbocycles. The Bertz CT molecular complexity index is 1450. The highest BCUT2D eigenvalue weighted by atomic mass is 16.6. The van der Waals surface area contributed by atoms with E-state index in [2.05, 4.69) is 106 Å². The predicted molar refractivity (Wildman–Crippen MR) is 330 cm³/mol. The molecule has 0 radical (unpaired) electrons. The summed E-state index contributed by atoms with van der Waals surface area (Å²) in [6.45, 7) is 6.43. The number of hydrogen-bond donors (Lipinski definition) is 0. The summed E-state index contributed by atoms with van der Waals surface area (Å²) in [6, 6.07) is 0. The standard InChI is InChI=1S/C70H122O6/c1-4-7-10-13-16-19-22-25-27-29-31-33-34-35-36-37-39-40-42-45-48-51-54-57-60-63-69(72)75-66-67(65-74-68(71)62-59-56-53-50-47-44-24-21-18-15-12-9-6-3)76-70(73)64-61-58-55-52-49-46-43-41-38-32-30-28-26-23-20-17-14-11-8-5-2/h7,9-10,12,16,18-19,21,25,27,31,33,44,47,67H,4-6,8,11,13-15,17,20,22-24,26,28-30,32,34-43,45-46,48-66H2,1-3H3/b10-7-,12-9-,19-16-,21-18-,27-25-,33-31-,47-44-. The normalized spacial score (nSPS) is 12.6. The summed E-state index contributed by atoms with van der Waals surface area (Å²) in [5.74, 6) is -0.901. The zero-order chi connectivity index (χ0) is 55.0. The van der Waals surface area contributed by atoms with Crippen molar-refractivity contribution in [3.63, 3.8) is 0 Å². The summed E-state index contributed by atoms with van der Waals surface area (Å²) in [5, 5.41) is 0. The van der Waals surface area contributed by atoms with Gasteiger partial charge >= 0.3 is 17.9 Å². The third kappa shape index (κ3) is 61.4. The zero-order valence-corrected chi connectivity index (χ0v) is 50.3. The topological polar surface area (TPSA) is 78.9 Å². The molecule has 1 atom stereocenters. The van der Waals surface area contributed by atoms with Crippen molar-refractivity contribution in [2.24, 2.45) is 0 Å². The molecule has 0 aromatic carbocycles. The Kier molecular flexibility index (Phi) is 61.2. The zero-order valence-electron chi connectivity index (χ0n) is 50.3. The van der Waals surface area contributed by atoms with Gasteiger partial charge in [-0.1, -0.05) is 298 Å². The number of hydrogen-bond acceptors (Lipinski definition) is 6. The maximum Gasteiger partial charge on any atom is 0.306 e. The Labute approximate surface area is 471 Å². The van der Waals surface area contributed by atoms with E-state index in [1.165, 1.54) is 173 Å². The molecule has 0 aromatic rings. The van der Waals surface area contributed by atoms with Crippen LogP contribution in [0, 0.1) is 0 Å². The molecule has 6 heteroatoms. The first-order valence-corrected chi connectivity index (χ1v) is 32.6. The molecule has 0 amide bonds. The second-order valence-electron chi connectivity index (χ2n) is 21.6. The summed E-state index contributed by atoms with van der Waals surface area (Å²) in [7, 11) is 0. The van der Waals surface area contributed by atoms with Crippen LogP contribution in [-0.4, -0.2) is 37.2 Å². The van der Waals surface area contributed by atoms with Crippen LogP contribution in [0.4, 0.5) is 0 Å². The van der Waals surface area contributed by atoms with Crippen LogP contribution in [0.2, 0.25) is 0 Å². The van der Waals surface area contributed by atoms with Gasteiger partial charge in [0.1, 0.15) is 13.2 Å². The first-order valence-electron chi connectivity index (χ1n) is 32.6. The average Bonchev–Trinajstić information content (AvgIpc) is 3.42. The van der Waals surface area contributed by atoms with E-state index in [9.17, 15) is 14.4 Å². The molecule has 6 nitrogen and oxygen atoms in total.